The van der Waals surface area contributed by atoms with Gasteiger partial charge in [0.05, 0.1) is 12.6 Å². The lowest BCUT2D eigenvalue weighted by molar-refractivity contribution is -0.135. The number of hydrogen-bond donors (Lipinski definition) is 0. The standard InChI is InChI=1S/C22H43NO2S2/c1-17-10-18(13-25-9)23(12-17)19(24)11-21(5,6)14-22(7,8)16-27-26-15-20(2,3)4/h17-18H,10-16H2,1-9H3/t17?,18-/m0/s1. The van der Waals surface area contributed by atoms with Crippen LogP contribution in [0.3, 0.4) is 0 Å². The second-order valence-electron chi connectivity index (χ2n) is 11.3. The Kier molecular flexibility index (Phi) is 9.55. The van der Waals surface area contributed by atoms with Crippen LogP contribution in [-0.2, 0) is 9.53 Å². The van der Waals surface area contributed by atoms with E-state index in [2.05, 4.69) is 60.3 Å². The Labute approximate surface area is 176 Å². The minimum Gasteiger partial charge on any atom is -0.383 e. The maximum absolute atomic E-state index is 13.0. The molecule has 0 aromatic carbocycles. The van der Waals surface area contributed by atoms with Crippen molar-refractivity contribution >= 4 is 27.5 Å². The number of hydrogen-bond acceptors (Lipinski definition) is 4. The average molecular weight is 418 g/mol. The minimum absolute atomic E-state index is 0.0132. The summed E-state index contributed by atoms with van der Waals surface area (Å²) in [5.41, 5.74) is 0.613. The molecule has 1 aliphatic rings. The first-order valence-corrected chi connectivity index (χ1v) is 12.8. The van der Waals surface area contributed by atoms with Gasteiger partial charge in [0.25, 0.3) is 0 Å². The molecule has 0 bridgehead atoms. The first-order valence-electron chi connectivity index (χ1n) is 10.3. The van der Waals surface area contributed by atoms with Crippen LogP contribution < -0.4 is 0 Å². The van der Waals surface area contributed by atoms with Crippen molar-refractivity contribution in [2.75, 3.05) is 31.8 Å². The van der Waals surface area contributed by atoms with Crippen molar-refractivity contribution < 1.29 is 9.53 Å². The van der Waals surface area contributed by atoms with Gasteiger partial charge in [-0.1, -0.05) is 77.0 Å². The summed E-state index contributed by atoms with van der Waals surface area (Å²) in [6, 6.07) is 0.255. The molecule has 1 unspecified atom stereocenters. The van der Waals surface area contributed by atoms with Crippen molar-refractivity contribution in [2.45, 2.75) is 80.7 Å². The fourth-order valence-electron chi connectivity index (χ4n) is 4.15. The zero-order chi connectivity index (χ0) is 20.9. The highest BCUT2D eigenvalue weighted by Crippen LogP contribution is 2.42. The van der Waals surface area contributed by atoms with Crippen LogP contribution in [-0.4, -0.2) is 48.6 Å². The van der Waals surface area contributed by atoms with Gasteiger partial charge in [-0.3, -0.25) is 4.79 Å². The van der Waals surface area contributed by atoms with E-state index in [0.29, 0.717) is 30.3 Å². The van der Waals surface area contributed by atoms with Crippen LogP contribution in [0.4, 0.5) is 0 Å². The van der Waals surface area contributed by atoms with E-state index in [-0.39, 0.29) is 16.9 Å². The van der Waals surface area contributed by atoms with Crippen LogP contribution >= 0.6 is 21.6 Å². The van der Waals surface area contributed by atoms with Gasteiger partial charge in [0.15, 0.2) is 0 Å². The smallest absolute Gasteiger partial charge is 0.223 e. The Hall–Kier alpha value is 0.130. The average Bonchev–Trinajstić information content (AvgIpc) is 2.82. The van der Waals surface area contributed by atoms with Crippen LogP contribution in [0.25, 0.3) is 0 Å². The molecule has 1 fully saturated rings. The van der Waals surface area contributed by atoms with Gasteiger partial charge in [0, 0.05) is 31.6 Å². The van der Waals surface area contributed by atoms with Crippen molar-refractivity contribution in [1.82, 2.24) is 4.90 Å². The molecule has 27 heavy (non-hydrogen) atoms. The van der Waals surface area contributed by atoms with Crippen LogP contribution in [0.2, 0.25) is 0 Å². The molecule has 0 aliphatic carbocycles. The topological polar surface area (TPSA) is 29.5 Å². The second kappa shape index (κ2) is 10.2. The van der Waals surface area contributed by atoms with Crippen LogP contribution in [0.15, 0.2) is 0 Å². The molecule has 1 heterocycles. The van der Waals surface area contributed by atoms with Crippen molar-refractivity contribution in [1.29, 1.82) is 0 Å². The molecule has 1 rings (SSSR count). The van der Waals surface area contributed by atoms with E-state index in [1.54, 1.807) is 7.11 Å². The molecule has 160 valence electrons. The van der Waals surface area contributed by atoms with Gasteiger partial charge in [-0.2, -0.15) is 0 Å². The molecular weight excluding hydrogens is 374 g/mol. The van der Waals surface area contributed by atoms with Gasteiger partial charge >= 0.3 is 0 Å². The van der Waals surface area contributed by atoms with Crippen molar-refractivity contribution in [2.24, 2.45) is 22.2 Å². The Balaban J connectivity index is 2.54. The maximum atomic E-state index is 13.0. The van der Waals surface area contributed by atoms with Gasteiger partial charge in [-0.05, 0) is 35.0 Å². The molecule has 0 radical (unpaired) electrons. The lowest BCUT2D eigenvalue weighted by Crippen LogP contribution is -2.41. The number of likely N-dealkylation sites (tertiary alicyclic amines) is 1. The fraction of sp³-hybridized carbons (Fsp3) is 0.955. The van der Waals surface area contributed by atoms with Crippen molar-refractivity contribution in [3.8, 4) is 0 Å². The molecule has 1 amide bonds. The molecule has 0 spiro atoms. The number of carbonyl (C=O) groups is 1. The number of rotatable bonds is 10. The molecular formula is C22H43NO2S2. The zero-order valence-electron chi connectivity index (χ0n) is 19.2. The SMILES string of the molecule is COC[C@@H]1CC(C)CN1C(=O)CC(C)(C)CC(C)(C)CSSCC(C)(C)C. The molecule has 1 saturated heterocycles. The van der Waals surface area contributed by atoms with Gasteiger partial charge in [-0.15, -0.1) is 0 Å². The first-order chi connectivity index (χ1) is 12.2. The van der Waals surface area contributed by atoms with Crippen LogP contribution in [0.1, 0.15) is 74.7 Å². The molecule has 0 aromatic rings. The van der Waals surface area contributed by atoms with E-state index in [0.717, 1.165) is 25.1 Å². The number of amides is 1. The number of nitrogens with zero attached hydrogens (tertiary/aromatic N) is 1. The normalized spacial score (nSPS) is 21.7. The van der Waals surface area contributed by atoms with Gasteiger partial charge in [0.1, 0.15) is 0 Å². The summed E-state index contributed by atoms with van der Waals surface area (Å²) in [6.45, 7) is 19.8. The third-order valence-corrected chi connectivity index (χ3v) is 8.17. The van der Waals surface area contributed by atoms with Gasteiger partial charge in [0.2, 0.25) is 5.91 Å². The Morgan fingerprint density at radius 2 is 1.63 bits per heavy atom. The third-order valence-electron chi connectivity index (χ3n) is 4.91. The third kappa shape index (κ3) is 9.94. The Bertz CT molecular complexity index is 471. The van der Waals surface area contributed by atoms with E-state index < -0.39 is 0 Å². The summed E-state index contributed by atoms with van der Waals surface area (Å²) in [4.78, 5) is 15.1. The summed E-state index contributed by atoms with van der Waals surface area (Å²) in [7, 11) is 5.69. The Morgan fingerprint density at radius 1 is 1.04 bits per heavy atom. The quantitative estimate of drug-likeness (QED) is 0.316. The summed E-state index contributed by atoms with van der Waals surface area (Å²) in [5, 5.41) is 0. The highest BCUT2D eigenvalue weighted by Gasteiger charge is 2.37. The zero-order valence-corrected chi connectivity index (χ0v) is 20.8. The molecule has 3 nitrogen and oxygen atoms in total. The lowest BCUT2D eigenvalue weighted by Gasteiger charge is -2.36. The van der Waals surface area contributed by atoms with Gasteiger partial charge < -0.3 is 9.64 Å². The number of methoxy groups -OCH3 is 1. The van der Waals surface area contributed by atoms with Crippen LogP contribution in [0, 0.1) is 22.2 Å². The molecule has 0 aromatic heterocycles. The summed E-state index contributed by atoms with van der Waals surface area (Å²) < 4.78 is 5.34. The van der Waals surface area contributed by atoms with E-state index in [9.17, 15) is 4.79 Å². The van der Waals surface area contributed by atoms with E-state index in [4.69, 9.17) is 4.74 Å². The molecule has 0 saturated carbocycles. The molecule has 0 N–H and O–H groups in total. The molecule has 2 atom stereocenters. The van der Waals surface area contributed by atoms with Gasteiger partial charge in [-0.25, -0.2) is 0 Å². The number of carbonyl (C=O) groups excluding carboxylic acids is 1. The predicted molar refractivity (Wildman–Crippen MR) is 122 cm³/mol. The summed E-state index contributed by atoms with van der Waals surface area (Å²) >= 11 is 0. The molecule has 5 heteroatoms. The van der Waals surface area contributed by atoms with E-state index in [1.165, 1.54) is 5.75 Å². The summed E-state index contributed by atoms with van der Waals surface area (Å²) in [6.07, 6.45) is 2.75. The molecule has 1 aliphatic heterocycles. The highest BCUT2D eigenvalue weighted by molar-refractivity contribution is 8.76. The van der Waals surface area contributed by atoms with Crippen molar-refractivity contribution in [3.05, 3.63) is 0 Å². The highest BCUT2D eigenvalue weighted by atomic mass is 33.1. The fourth-order valence-corrected chi connectivity index (χ4v) is 7.61. The second-order valence-corrected chi connectivity index (χ2v) is 13.7. The monoisotopic (exact) mass is 417 g/mol. The summed E-state index contributed by atoms with van der Waals surface area (Å²) in [5.74, 6) is 3.17. The Morgan fingerprint density at radius 3 is 2.19 bits per heavy atom. The van der Waals surface area contributed by atoms with E-state index >= 15 is 0 Å². The number of ether oxygens (including phenoxy) is 1. The maximum Gasteiger partial charge on any atom is 0.223 e. The van der Waals surface area contributed by atoms with Crippen LogP contribution in [0.5, 0.6) is 0 Å². The van der Waals surface area contributed by atoms with Crippen molar-refractivity contribution in [3.63, 3.8) is 0 Å². The first kappa shape index (κ1) is 25.2. The largest absolute Gasteiger partial charge is 0.383 e. The minimum atomic E-state index is 0.0132. The van der Waals surface area contributed by atoms with E-state index in [1.807, 2.05) is 21.6 Å². The predicted octanol–water partition coefficient (Wildman–Crippen LogP) is 6.13. The lowest BCUT2D eigenvalue weighted by atomic mass is 9.74.